The Kier molecular flexibility index (Phi) is 10.8. The monoisotopic (exact) mass is 466 g/mol. The van der Waals surface area contributed by atoms with E-state index in [0.717, 1.165) is 25.7 Å². The van der Waals surface area contributed by atoms with Gasteiger partial charge in [-0.25, -0.2) is 14.6 Å². The van der Waals surface area contributed by atoms with E-state index in [1.165, 1.54) is 6.08 Å². The van der Waals surface area contributed by atoms with Gasteiger partial charge in [-0.1, -0.05) is 38.3 Å². The molecular weight excluding hydrogens is 436 g/mol. The van der Waals surface area contributed by atoms with Crippen molar-refractivity contribution in [2.24, 2.45) is 16.5 Å². The zero-order valence-corrected chi connectivity index (χ0v) is 19.2. The summed E-state index contributed by atoms with van der Waals surface area (Å²) in [5, 5.41) is 2.72. The molecule has 34 heavy (non-hydrogen) atoms. The topological polar surface area (TPSA) is 146 Å². The standard InChI is InChI=1S/C25H30N4O5/c1-2-3-4-5-16-28-22(30)17-33-23(31)15-8-18-6-13-21(14-7-18)34-24(32)19-9-11-20(12-10-19)29-25(26)27/h6-15H,2-5,16-17H2,1H3,(H,28,30)(H4,26,27,29). The number of amides is 1. The third-order valence-corrected chi connectivity index (χ3v) is 4.56. The van der Waals surface area contributed by atoms with Gasteiger partial charge in [0.25, 0.3) is 5.91 Å². The van der Waals surface area contributed by atoms with Crippen LogP contribution in [0.1, 0.15) is 48.5 Å². The molecule has 0 aliphatic heterocycles. The van der Waals surface area contributed by atoms with Gasteiger partial charge in [-0.05, 0) is 54.5 Å². The molecule has 0 radical (unpaired) electrons. The van der Waals surface area contributed by atoms with E-state index < -0.39 is 11.9 Å². The SMILES string of the molecule is CCCCCCNC(=O)COC(=O)C=Cc1ccc(OC(=O)c2ccc(N=C(N)N)cc2)cc1. The lowest BCUT2D eigenvalue weighted by atomic mass is 10.2. The lowest BCUT2D eigenvalue weighted by Gasteiger charge is -2.05. The van der Waals surface area contributed by atoms with E-state index in [0.29, 0.717) is 29.1 Å². The molecule has 0 aliphatic carbocycles. The fourth-order valence-electron chi connectivity index (χ4n) is 2.81. The molecular formula is C25H30N4O5. The number of nitrogens with two attached hydrogens (primary N) is 2. The summed E-state index contributed by atoms with van der Waals surface area (Å²) < 4.78 is 10.3. The highest BCUT2D eigenvalue weighted by molar-refractivity contribution is 5.92. The second-order valence-electron chi connectivity index (χ2n) is 7.39. The van der Waals surface area contributed by atoms with Crippen LogP contribution in [0.25, 0.3) is 6.08 Å². The molecule has 0 aromatic heterocycles. The molecule has 2 aromatic carbocycles. The summed E-state index contributed by atoms with van der Waals surface area (Å²) >= 11 is 0. The molecule has 0 bridgehead atoms. The number of nitrogens with one attached hydrogen (secondary N) is 1. The number of rotatable bonds is 12. The summed E-state index contributed by atoms with van der Waals surface area (Å²) in [5.41, 5.74) is 12.2. The summed E-state index contributed by atoms with van der Waals surface area (Å²) in [4.78, 5) is 39.6. The Morgan fingerprint density at radius 1 is 0.971 bits per heavy atom. The zero-order valence-electron chi connectivity index (χ0n) is 19.2. The van der Waals surface area contributed by atoms with E-state index in [1.807, 2.05) is 0 Å². The van der Waals surface area contributed by atoms with Crippen LogP contribution in [-0.2, 0) is 14.3 Å². The predicted molar refractivity (Wildman–Crippen MR) is 130 cm³/mol. The van der Waals surface area contributed by atoms with Gasteiger partial charge < -0.3 is 26.3 Å². The van der Waals surface area contributed by atoms with E-state index in [2.05, 4.69) is 17.2 Å². The van der Waals surface area contributed by atoms with Gasteiger partial charge in [-0.3, -0.25) is 4.79 Å². The molecule has 5 N–H and O–H groups in total. The third kappa shape index (κ3) is 9.99. The molecule has 1 amide bonds. The lowest BCUT2D eigenvalue weighted by Crippen LogP contribution is -2.29. The number of esters is 2. The maximum absolute atomic E-state index is 12.3. The largest absolute Gasteiger partial charge is 0.452 e. The van der Waals surface area contributed by atoms with E-state index >= 15 is 0 Å². The maximum atomic E-state index is 12.3. The van der Waals surface area contributed by atoms with Crippen molar-refractivity contribution in [3.63, 3.8) is 0 Å². The molecule has 0 unspecified atom stereocenters. The molecule has 180 valence electrons. The number of nitrogens with zero attached hydrogens (tertiary/aromatic N) is 1. The van der Waals surface area contributed by atoms with Gasteiger partial charge in [0, 0.05) is 12.6 Å². The summed E-state index contributed by atoms with van der Waals surface area (Å²) in [6.45, 7) is 2.37. The van der Waals surface area contributed by atoms with E-state index in [9.17, 15) is 14.4 Å². The van der Waals surface area contributed by atoms with Crippen LogP contribution in [0.3, 0.4) is 0 Å². The van der Waals surface area contributed by atoms with Crippen molar-refractivity contribution in [2.75, 3.05) is 13.2 Å². The number of unbranched alkanes of at least 4 members (excludes halogenated alkanes) is 3. The first-order valence-electron chi connectivity index (χ1n) is 11.0. The Morgan fingerprint density at radius 2 is 1.68 bits per heavy atom. The minimum Gasteiger partial charge on any atom is -0.452 e. The van der Waals surface area contributed by atoms with Crippen molar-refractivity contribution in [3.05, 3.63) is 65.7 Å². The average molecular weight is 467 g/mol. The minimum absolute atomic E-state index is 0.0728. The van der Waals surface area contributed by atoms with Crippen LogP contribution < -0.4 is 21.5 Å². The number of hydrogen-bond acceptors (Lipinski definition) is 6. The first kappa shape index (κ1) is 26.1. The third-order valence-electron chi connectivity index (χ3n) is 4.56. The number of aliphatic imine (C=N–C) groups is 1. The van der Waals surface area contributed by atoms with Crippen LogP contribution in [0.15, 0.2) is 59.6 Å². The summed E-state index contributed by atoms with van der Waals surface area (Å²) in [6.07, 6.45) is 7.00. The number of carbonyl (C=O) groups is 3. The van der Waals surface area contributed by atoms with Crippen molar-refractivity contribution in [1.82, 2.24) is 5.32 Å². The van der Waals surface area contributed by atoms with E-state index in [-0.39, 0.29) is 18.5 Å². The molecule has 0 aliphatic rings. The number of benzene rings is 2. The summed E-state index contributed by atoms with van der Waals surface area (Å²) in [7, 11) is 0. The predicted octanol–water partition coefficient (Wildman–Crippen LogP) is 3.06. The van der Waals surface area contributed by atoms with Gasteiger partial charge in [0.05, 0.1) is 11.3 Å². The highest BCUT2D eigenvalue weighted by Gasteiger charge is 2.09. The Hall–Kier alpha value is -4.14. The fourth-order valence-corrected chi connectivity index (χ4v) is 2.81. The zero-order chi connectivity index (χ0) is 24.8. The van der Waals surface area contributed by atoms with Gasteiger partial charge in [-0.2, -0.15) is 0 Å². The van der Waals surface area contributed by atoms with Crippen molar-refractivity contribution < 1.29 is 23.9 Å². The van der Waals surface area contributed by atoms with Crippen LogP contribution in [0, 0.1) is 0 Å². The van der Waals surface area contributed by atoms with Crippen molar-refractivity contribution in [1.29, 1.82) is 0 Å². The second-order valence-corrected chi connectivity index (χ2v) is 7.39. The van der Waals surface area contributed by atoms with Gasteiger partial charge >= 0.3 is 11.9 Å². The molecule has 9 heteroatoms. The second kappa shape index (κ2) is 14.1. The molecule has 0 atom stereocenters. The Bertz CT molecular complexity index is 1010. The van der Waals surface area contributed by atoms with Gasteiger partial charge in [-0.15, -0.1) is 0 Å². The first-order valence-corrected chi connectivity index (χ1v) is 11.0. The van der Waals surface area contributed by atoms with Gasteiger partial charge in [0.2, 0.25) is 0 Å². The number of ether oxygens (including phenoxy) is 2. The molecule has 0 saturated carbocycles. The van der Waals surface area contributed by atoms with Crippen LogP contribution in [0.2, 0.25) is 0 Å². The maximum Gasteiger partial charge on any atom is 0.343 e. The van der Waals surface area contributed by atoms with Crippen LogP contribution in [0.4, 0.5) is 5.69 Å². The highest BCUT2D eigenvalue weighted by Crippen LogP contribution is 2.17. The quantitative estimate of drug-likeness (QED) is 0.109. The Balaban J connectivity index is 1.77. The summed E-state index contributed by atoms with van der Waals surface area (Å²) in [6, 6.07) is 12.9. The molecule has 9 nitrogen and oxygen atoms in total. The first-order chi connectivity index (χ1) is 16.4. The number of guanidine groups is 1. The molecule has 0 fully saturated rings. The highest BCUT2D eigenvalue weighted by atomic mass is 16.5. The molecule has 0 saturated heterocycles. The van der Waals surface area contributed by atoms with E-state index in [4.69, 9.17) is 20.9 Å². The van der Waals surface area contributed by atoms with Crippen molar-refractivity contribution in [2.45, 2.75) is 32.6 Å². The van der Waals surface area contributed by atoms with Crippen LogP contribution >= 0.6 is 0 Å². The van der Waals surface area contributed by atoms with Crippen LogP contribution in [0.5, 0.6) is 5.75 Å². The van der Waals surface area contributed by atoms with Gasteiger partial charge in [0.1, 0.15) is 5.75 Å². The fraction of sp³-hybridized carbons (Fsp3) is 0.280. The smallest absolute Gasteiger partial charge is 0.343 e. The summed E-state index contributed by atoms with van der Waals surface area (Å²) in [5.74, 6) is -1.21. The number of carbonyl (C=O) groups excluding carboxylic acids is 3. The average Bonchev–Trinajstić information content (AvgIpc) is 2.82. The molecule has 2 aromatic rings. The van der Waals surface area contributed by atoms with Crippen molar-refractivity contribution >= 4 is 35.6 Å². The van der Waals surface area contributed by atoms with Gasteiger partial charge in [0.15, 0.2) is 12.6 Å². The van der Waals surface area contributed by atoms with Crippen LogP contribution in [-0.4, -0.2) is 37.0 Å². The molecule has 0 heterocycles. The molecule has 0 spiro atoms. The normalized spacial score (nSPS) is 10.5. The molecule has 2 rings (SSSR count). The van der Waals surface area contributed by atoms with E-state index in [1.54, 1.807) is 54.6 Å². The minimum atomic E-state index is -0.624. The Labute approximate surface area is 198 Å². The van der Waals surface area contributed by atoms with Crippen molar-refractivity contribution in [3.8, 4) is 5.75 Å². The Morgan fingerprint density at radius 3 is 2.32 bits per heavy atom. The number of hydrogen-bond donors (Lipinski definition) is 3. The lowest BCUT2D eigenvalue weighted by molar-refractivity contribution is -0.143.